The van der Waals surface area contributed by atoms with Gasteiger partial charge < -0.3 is 9.84 Å². The molecule has 0 bridgehead atoms. The zero-order valence-electron chi connectivity index (χ0n) is 7.95. The predicted octanol–water partition coefficient (Wildman–Crippen LogP) is 2.00. The highest BCUT2D eigenvalue weighted by molar-refractivity contribution is 6.17. The number of benzene rings is 1. The van der Waals surface area contributed by atoms with Crippen LogP contribution in [0.2, 0.25) is 0 Å². The van der Waals surface area contributed by atoms with Crippen LogP contribution in [0.5, 0.6) is 5.75 Å². The van der Waals surface area contributed by atoms with Crippen molar-refractivity contribution in [1.82, 2.24) is 0 Å². The van der Waals surface area contributed by atoms with Crippen molar-refractivity contribution in [2.75, 3.05) is 7.11 Å². The van der Waals surface area contributed by atoms with Gasteiger partial charge in [-0.1, -0.05) is 0 Å². The van der Waals surface area contributed by atoms with Crippen molar-refractivity contribution in [2.45, 2.75) is 5.88 Å². The van der Waals surface area contributed by atoms with Crippen LogP contribution in [0.25, 0.3) is 0 Å². The van der Waals surface area contributed by atoms with E-state index >= 15 is 0 Å². The molecular weight excluding hydrogens is 218 g/mol. The minimum Gasteiger partial charge on any atom is -0.497 e. The number of hydrogen-bond donors (Lipinski definition) is 1. The molecule has 1 aromatic carbocycles. The van der Waals surface area contributed by atoms with Crippen LogP contribution in [-0.2, 0) is 5.88 Å². The minimum atomic E-state index is -1.12. The Hall–Kier alpha value is -1.73. The van der Waals surface area contributed by atoms with Gasteiger partial charge >= 0.3 is 5.97 Å². The number of hydrogen-bond acceptors (Lipinski definition) is 3. The molecule has 0 aliphatic carbocycles. The third-order valence-electron chi connectivity index (χ3n) is 1.94. The Labute approximate surface area is 91.7 Å². The lowest BCUT2D eigenvalue weighted by Crippen LogP contribution is -2.04. The van der Waals surface area contributed by atoms with Crippen molar-refractivity contribution in [3.05, 3.63) is 28.8 Å². The average Bonchev–Trinajstić information content (AvgIpc) is 2.26. The molecule has 0 heterocycles. The zero-order valence-corrected chi connectivity index (χ0v) is 8.71. The number of ether oxygens (including phenoxy) is 1. The summed E-state index contributed by atoms with van der Waals surface area (Å²) < 4.78 is 4.89. The van der Waals surface area contributed by atoms with Crippen molar-refractivity contribution in [3.63, 3.8) is 0 Å². The van der Waals surface area contributed by atoms with Gasteiger partial charge in [-0.2, -0.15) is 5.26 Å². The SMILES string of the molecule is COc1cc(C#N)c(CCl)c(C(=O)O)c1. The second-order valence-corrected chi connectivity index (χ2v) is 3.02. The molecule has 5 heteroatoms. The Kier molecular flexibility index (Phi) is 3.53. The Morgan fingerprint density at radius 3 is 2.73 bits per heavy atom. The summed E-state index contributed by atoms with van der Waals surface area (Å²) in [5, 5.41) is 17.7. The second kappa shape index (κ2) is 4.67. The third-order valence-corrected chi connectivity index (χ3v) is 2.21. The second-order valence-electron chi connectivity index (χ2n) is 2.75. The predicted molar refractivity (Wildman–Crippen MR) is 54.2 cm³/mol. The smallest absolute Gasteiger partial charge is 0.336 e. The van der Waals surface area contributed by atoms with E-state index in [4.69, 9.17) is 26.7 Å². The Morgan fingerprint density at radius 2 is 2.33 bits per heavy atom. The van der Waals surface area contributed by atoms with E-state index in [2.05, 4.69) is 0 Å². The quantitative estimate of drug-likeness (QED) is 0.799. The largest absolute Gasteiger partial charge is 0.497 e. The number of carbonyl (C=O) groups is 1. The van der Waals surface area contributed by atoms with Gasteiger partial charge in [0.25, 0.3) is 0 Å². The number of nitrogens with zero attached hydrogens (tertiary/aromatic N) is 1. The highest BCUT2D eigenvalue weighted by atomic mass is 35.5. The van der Waals surface area contributed by atoms with Crippen molar-refractivity contribution in [2.24, 2.45) is 0 Å². The van der Waals surface area contributed by atoms with Gasteiger partial charge in [0.05, 0.1) is 24.3 Å². The van der Waals surface area contributed by atoms with E-state index in [-0.39, 0.29) is 17.0 Å². The molecule has 0 aliphatic heterocycles. The van der Waals surface area contributed by atoms with Crippen LogP contribution < -0.4 is 4.74 Å². The first-order valence-electron chi connectivity index (χ1n) is 4.04. The molecule has 0 radical (unpaired) electrons. The van der Waals surface area contributed by atoms with Crippen LogP contribution >= 0.6 is 11.6 Å². The first kappa shape index (κ1) is 11.3. The van der Waals surface area contributed by atoms with E-state index in [1.165, 1.54) is 19.2 Å². The molecule has 0 aromatic heterocycles. The van der Waals surface area contributed by atoms with Crippen LogP contribution in [0.4, 0.5) is 0 Å². The number of aromatic carboxylic acids is 1. The fraction of sp³-hybridized carbons (Fsp3) is 0.200. The summed E-state index contributed by atoms with van der Waals surface area (Å²) in [6, 6.07) is 4.70. The first-order chi connectivity index (χ1) is 7.13. The fourth-order valence-electron chi connectivity index (χ4n) is 1.20. The molecule has 0 saturated heterocycles. The molecule has 0 atom stereocenters. The monoisotopic (exact) mass is 225 g/mol. The minimum absolute atomic E-state index is 0.000833. The van der Waals surface area contributed by atoms with Gasteiger partial charge in [-0.3, -0.25) is 0 Å². The van der Waals surface area contributed by atoms with Gasteiger partial charge in [-0.25, -0.2) is 4.79 Å². The molecule has 1 N–H and O–H groups in total. The summed E-state index contributed by atoms with van der Waals surface area (Å²) in [5.74, 6) is -0.812. The summed E-state index contributed by atoms with van der Waals surface area (Å²) >= 11 is 5.60. The summed E-state index contributed by atoms with van der Waals surface area (Å²) in [6.07, 6.45) is 0. The maximum absolute atomic E-state index is 10.9. The topological polar surface area (TPSA) is 70.3 Å². The average molecular weight is 226 g/mol. The molecule has 15 heavy (non-hydrogen) atoms. The standard InChI is InChI=1S/C10H8ClNO3/c1-15-7-2-6(5-12)9(4-11)8(3-7)10(13)14/h2-3H,4H2,1H3,(H,13,14). The van der Waals surface area contributed by atoms with Crippen LogP contribution in [0.3, 0.4) is 0 Å². The van der Waals surface area contributed by atoms with Crippen LogP contribution in [0.15, 0.2) is 12.1 Å². The number of alkyl halides is 1. The molecule has 0 amide bonds. The maximum atomic E-state index is 10.9. The highest BCUT2D eigenvalue weighted by Gasteiger charge is 2.15. The summed E-state index contributed by atoms with van der Waals surface area (Å²) in [4.78, 5) is 10.9. The number of halogens is 1. The van der Waals surface area contributed by atoms with Gasteiger partial charge in [-0.15, -0.1) is 11.6 Å². The number of rotatable bonds is 3. The maximum Gasteiger partial charge on any atom is 0.336 e. The molecule has 1 aromatic rings. The zero-order chi connectivity index (χ0) is 11.4. The van der Waals surface area contributed by atoms with Crippen molar-refractivity contribution in [1.29, 1.82) is 5.26 Å². The Balaban J connectivity index is 3.48. The van der Waals surface area contributed by atoms with E-state index in [9.17, 15) is 4.79 Å². The summed E-state index contributed by atoms with van der Waals surface area (Å²) in [6.45, 7) is 0. The normalized spacial score (nSPS) is 9.40. The number of methoxy groups -OCH3 is 1. The van der Waals surface area contributed by atoms with Gasteiger partial charge in [-0.05, 0) is 17.7 Å². The van der Waals surface area contributed by atoms with Gasteiger partial charge in [0, 0.05) is 5.88 Å². The van der Waals surface area contributed by atoms with E-state index in [1.54, 1.807) is 0 Å². The van der Waals surface area contributed by atoms with E-state index < -0.39 is 5.97 Å². The van der Waals surface area contributed by atoms with Gasteiger partial charge in [0.2, 0.25) is 0 Å². The molecule has 0 spiro atoms. The highest BCUT2D eigenvalue weighted by Crippen LogP contribution is 2.23. The number of nitriles is 1. The van der Waals surface area contributed by atoms with Crippen LogP contribution in [0, 0.1) is 11.3 Å². The summed E-state index contributed by atoms with van der Waals surface area (Å²) in [5.41, 5.74) is 0.537. The van der Waals surface area contributed by atoms with E-state index in [1.807, 2.05) is 6.07 Å². The lowest BCUT2D eigenvalue weighted by atomic mass is 10.0. The fourth-order valence-corrected chi connectivity index (χ4v) is 1.49. The number of carboxylic acids is 1. The molecule has 78 valence electrons. The lowest BCUT2D eigenvalue weighted by molar-refractivity contribution is 0.0695. The van der Waals surface area contributed by atoms with Crippen molar-refractivity contribution >= 4 is 17.6 Å². The van der Waals surface area contributed by atoms with Gasteiger partial charge in [0.1, 0.15) is 5.75 Å². The van der Waals surface area contributed by atoms with E-state index in [0.29, 0.717) is 11.3 Å². The molecule has 0 fully saturated rings. The lowest BCUT2D eigenvalue weighted by Gasteiger charge is -2.07. The van der Waals surface area contributed by atoms with Crippen LogP contribution in [0.1, 0.15) is 21.5 Å². The molecule has 4 nitrogen and oxygen atoms in total. The Morgan fingerprint density at radius 1 is 1.67 bits per heavy atom. The first-order valence-corrected chi connectivity index (χ1v) is 4.57. The number of carboxylic acid groups (broad SMARTS) is 1. The van der Waals surface area contributed by atoms with Crippen molar-refractivity contribution < 1.29 is 14.6 Å². The summed E-state index contributed by atoms with van der Waals surface area (Å²) in [7, 11) is 1.41. The molecule has 0 saturated carbocycles. The van der Waals surface area contributed by atoms with Crippen LogP contribution in [-0.4, -0.2) is 18.2 Å². The molecule has 0 unspecified atom stereocenters. The molecule has 0 aliphatic rings. The molecular formula is C10H8ClNO3. The van der Waals surface area contributed by atoms with E-state index in [0.717, 1.165) is 0 Å². The molecule has 1 rings (SSSR count). The Bertz CT molecular complexity index is 437. The third kappa shape index (κ3) is 2.20. The van der Waals surface area contributed by atoms with Crippen molar-refractivity contribution in [3.8, 4) is 11.8 Å². The van der Waals surface area contributed by atoms with Gasteiger partial charge in [0.15, 0.2) is 0 Å².